The lowest BCUT2D eigenvalue weighted by Crippen LogP contribution is -2.53. The Bertz CT molecular complexity index is 1460. The van der Waals surface area contributed by atoms with E-state index in [0.717, 1.165) is 11.8 Å². The van der Waals surface area contributed by atoms with Gasteiger partial charge in [-0.2, -0.15) is 4.79 Å². The average Bonchev–Trinajstić information content (AvgIpc) is 3.42. The molecule has 1 saturated carbocycles. The number of hydrogen-bond acceptors (Lipinski definition) is 7. The van der Waals surface area contributed by atoms with E-state index in [4.69, 9.17) is 15.0 Å². The van der Waals surface area contributed by atoms with Crippen molar-refractivity contribution < 1.29 is 33.4 Å². The molecule has 4 rings (SSSR count). The van der Waals surface area contributed by atoms with Gasteiger partial charge in [-0.15, -0.1) is 6.58 Å². The van der Waals surface area contributed by atoms with Crippen molar-refractivity contribution in [2.75, 3.05) is 6.54 Å². The van der Waals surface area contributed by atoms with E-state index in [9.17, 15) is 19.2 Å². The second-order valence-corrected chi connectivity index (χ2v) is 11.3. The summed E-state index contributed by atoms with van der Waals surface area (Å²) in [5.41, 5.74) is 8.42. The van der Waals surface area contributed by atoms with Crippen molar-refractivity contribution >= 4 is 40.7 Å². The van der Waals surface area contributed by atoms with Crippen LogP contribution < -0.4 is 10.1 Å². The highest BCUT2D eigenvalue weighted by atomic mass is 16.6. The van der Waals surface area contributed by atoms with Crippen LogP contribution in [-0.2, 0) is 14.3 Å². The van der Waals surface area contributed by atoms with Crippen molar-refractivity contribution in [2.24, 2.45) is 5.92 Å². The Morgan fingerprint density at radius 1 is 1.25 bits per heavy atom. The van der Waals surface area contributed by atoms with Crippen LogP contribution in [0, 0.1) is 12.8 Å². The zero-order chi connectivity index (χ0) is 29.4. The minimum atomic E-state index is -1.03. The summed E-state index contributed by atoms with van der Waals surface area (Å²) in [5, 5.41) is 3.49. The van der Waals surface area contributed by atoms with Gasteiger partial charge in [0.25, 0.3) is 5.78 Å². The summed E-state index contributed by atoms with van der Waals surface area (Å²) in [4.78, 5) is 60.0. The SMILES string of the molecule is C=C[C@@H]1C[C@]1(NC(=O)[C@@H]1C[C@@H](Oc2cc(C(=O)C=[N+]=[N-])nc3cc(C)ccc23)CN1C(=O)OC(C)(C)C)C(C)=O. The number of Topliss-reactive ketones (excluding diaryl/α,β-unsaturated/α-hetero) is 2. The molecule has 2 fully saturated rings. The van der Waals surface area contributed by atoms with Gasteiger partial charge in [-0.1, -0.05) is 12.1 Å². The van der Waals surface area contributed by atoms with Crippen LogP contribution in [0.4, 0.5) is 4.79 Å². The summed E-state index contributed by atoms with van der Waals surface area (Å²) in [6.07, 6.45) is 1.63. The van der Waals surface area contributed by atoms with E-state index in [1.54, 1.807) is 32.9 Å². The van der Waals surface area contributed by atoms with E-state index in [-0.39, 0.29) is 30.4 Å². The van der Waals surface area contributed by atoms with Gasteiger partial charge >= 0.3 is 12.3 Å². The average molecular weight is 548 g/mol. The highest BCUT2D eigenvalue weighted by Gasteiger charge is 2.58. The Labute approximate surface area is 232 Å². The third kappa shape index (κ3) is 5.79. The van der Waals surface area contributed by atoms with Crippen LogP contribution in [0.15, 0.2) is 36.9 Å². The molecule has 4 atom stereocenters. The second-order valence-electron chi connectivity index (χ2n) is 11.3. The number of amides is 2. The first-order valence-corrected chi connectivity index (χ1v) is 13.0. The number of nitrogens with one attached hydrogen (secondary N) is 1. The largest absolute Gasteiger partial charge is 0.488 e. The zero-order valence-electron chi connectivity index (χ0n) is 23.3. The van der Waals surface area contributed by atoms with Gasteiger partial charge in [0.15, 0.2) is 5.78 Å². The Morgan fingerprint density at radius 3 is 2.58 bits per heavy atom. The molecule has 1 aromatic carbocycles. The number of aryl methyl sites for hydroxylation is 1. The highest BCUT2D eigenvalue weighted by molar-refractivity contribution is 6.33. The van der Waals surface area contributed by atoms with Crippen LogP contribution >= 0.6 is 0 Å². The number of carbonyl (C=O) groups excluding carboxylic acids is 4. The fraction of sp³-hybridized carbons (Fsp3) is 0.448. The number of aromatic nitrogens is 1. The number of benzene rings is 1. The van der Waals surface area contributed by atoms with Crippen molar-refractivity contribution in [1.29, 1.82) is 0 Å². The quantitative estimate of drug-likeness (QED) is 0.175. The van der Waals surface area contributed by atoms with Crippen molar-refractivity contribution in [1.82, 2.24) is 15.2 Å². The van der Waals surface area contributed by atoms with Gasteiger partial charge in [0.05, 0.1) is 12.1 Å². The number of fused-ring (bicyclic) bond motifs is 1. The van der Waals surface area contributed by atoms with Gasteiger partial charge in [0.1, 0.15) is 34.7 Å². The predicted molar refractivity (Wildman–Crippen MR) is 146 cm³/mol. The fourth-order valence-electron chi connectivity index (χ4n) is 4.99. The standard InChI is InChI=1S/C29H33N5O6/c1-7-18-13-29(18,17(3)35)33-26(37)23-11-19(15-34(23)27(38)40-28(4,5)6)39-25-12-22(24(36)14-31-30)32-21-10-16(2)8-9-20(21)25/h7-10,12,14,18-19,23H,1,11,13,15H2,2-6H3,(H,33,37)/t18-,19-,23+,29+/m1/s1. The van der Waals surface area contributed by atoms with Crippen LogP contribution in [0.3, 0.4) is 0 Å². The lowest BCUT2D eigenvalue weighted by atomic mass is 10.1. The first kappa shape index (κ1) is 28.6. The molecule has 2 heterocycles. The molecule has 0 radical (unpaired) electrons. The predicted octanol–water partition coefficient (Wildman–Crippen LogP) is 3.43. The number of nitrogens with zero attached hydrogens (tertiary/aromatic N) is 4. The van der Waals surface area contributed by atoms with E-state index in [1.165, 1.54) is 17.9 Å². The summed E-state index contributed by atoms with van der Waals surface area (Å²) in [7, 11) is 0. The molecule has 11 heteroatoms. The lowest BCUT2D eigenvalue weighted by molar-refractivity contribution is -0.130. The minimum Gasteiger partial charge on any atom is -0.488 e. The third-order valence-electron chi connectivity index (χ3n) is 7.12. The normalized spacial score (nSPS) is 23.6. The molecule has 1 saturated heterocycles. The molecular weight excluding hydrogens is 514 g/mol. The number of ether oxygens (including phenoxy) is 2. The maximum Gasteiger partial charge on any atom is 0.411 e. The number of carbonyl (C=O) groups is 4. The lowest BCUT2D eigenvalue weighted by Gasteiger charge is -2.28. The van der Waals surface area contributed by atoms with E-state index >= 15 is 0 Å². The molecule has 0 bridgehead atoms. The maximum absolute atomic E-state index is 13.5. The molecule has 1 aliphatic carbocycles. The first-order valence-electron chi connectivity index (χ1n) is 13.0. The van der Waals surface area contributed by atoms with E-state index in [0.29, 0.717) is 23.1 Å². The van der Waals surface area contributed by atoms with Crippen LogP contribution in [-0.4, -0.2) is 74.3 Å². The molecule has 11 nitrogen and oxygen atoms in total. The number of rotatable bonds is 8. The highest BCUT2D eigenvalue weighted by Crippen LogP contribution is 2.45. The van der Waals surface area contributed by atoms with Crippen LogP contribution in [0.1, 0.15) is 56.6 Å². The molecular formula is C29H33N5O6. The smallest absolute Gasteiger partial charge is 0.411 e. The second kappa shape index (κ2) is 10.7. The Kier molecular flexibility index (Phi) is 7.63. The van der Waals surface area contributed by atoms with E-state index in [1.807, 2.05) is 19.1 Å². The van der Waals surface area contributed by atoms with Crippen molar-refractivity contribution in [3.8, 4) is 5.75 Å². The molecule has 0 unspecified atom stereocenters. The van der Waals surface area contributed by atoms with E-state index < -0.39 is 41.1 Å². The summed E-state index contributed by atoms with van der Waals surface area (Å²) < 4.78 is 11.9. The fourth-order valence-corrected chi connectivity index (χ4v) is 4.99. The van der Waals surface area contributed by atoms with E-state index in [2.05, 4.69) is 21.7 Å². The monoisotopic (exact) mass is 547 g/mol. The van der Waals surface area contributed by atoms with Crippen molar-refractivity contribution in [3.05, 3.63) is 53.7 Å². The van der Waals surface area contributed by atoms with Gasteiger partial charge in [0.2, 0.25) is 5.91 Å². The molecule has 40 heavy (non-hydrogen) atoms. The Balaban J connectivity index is 1.66. The molecule has 210 valence electrons. The summed E-state index contributed by atoms with van der Waals surface area (Å²) in [5.74, 6) is -1.14. The Hall–Kier alpha value is -4.37. The molecule has 0 spiro atoms. The van der Waals surface area contributed by atoms with Crippen LogP contribution in [0.2, 0.25) is 0 Å². The number of pyridine rings is 1. The number of likely N-dealkylation sites (tertiary alicyclic amines) is 1. The van der Waals surface area contributed by atoms with Crippen molar-refractivity contribution in [3.63, 3.8) is 0 Å². The molecule has 2 aliphatic rings. The van der Waals surface area contributed by atoms with Gasteiger partial charge in [-0.3, -0.25) is 19.3 Å². The summed E-state index contributed by atoms with van der Waals surface area (Å²) >= 11 is 0. The maximum atomic E-state index is 13.5. The van der Waals surface area contributed by atoms with Gasteiger partial charge < -0.3 is 20.3 Å². The first-order chi connectivity index (χ1) is 18.8. The molecule has 2 amide bonds. The van der Waals surface area contributed by atoms with Gasteiger partial charge in [-0.25, -0.2) is 9.78 Å². The van der Waals surface area contributed by atoms with Crippen molar-refractivity contribution in [2.45, 2.75) is 70.7 Å². The third-order valence-corrected chi connectivity index (χ3v) is 7.12. The minimum absolute atomic E-state index is 0.00906. The molecule has 1 N–H and O–H groups in total. The van der Waals surface area contributed by atoms with Crippen LogP contribution in [0.5, 0.6) is 5.75 Å². The Morgan fingerprint density at radius 2 is 1.98 bits per heavy atom. The summed E-state index contributed by atoms with van der Waals surface area (Å²) in [6.45, 7) is 12.3. The number of hydrogen-bond donors (Lipinski definition) is 1. The molecule has 1 aromatic heterocycles. The topological polar surface area (TPSA) is 151 Å². The molecule has 2 aromatic rings. The molecule has 1 aliphatic heterocycles. The summed E-state index contributed by atoms with van der Waals surface area (Å²) in [6, 6.07) is 5.96. The van der Waals surface area contributed by atoms with Gasteiger partial charge in [-0.05, 0) is 58.7 Å². The zero-order valence-corrected chi connectivity index (χ0v) is 23.3. The number of ketones is 2. The van der Waals surface area contributed by atoms with Gasteiger partial charge in [0, 0.05) is 23.8 Å². The van der Waals surface area contributed by atoms with Crippen LogP contribution in [0.25, 0.3) is 16.4 Å².